The van der Waals surface area contributed by atoms with Crippen LogP contribution in [0.3, 0.4) is 0 Å². The number of aliphatic hydroxyl groups excluding tert-OH is 4. The van der Waals surface area contributed by atoms with Crippen molar-refractivity contribution in [1.29, 1.82) is 0 Å². The predicted molar refractivity (Wildman–Crippen MR) is 256 cm³/mol. The average molecular weight is 869 g/mol. The van der Waals surface area contributed by atoms with Gasteiger partial charge in [0.15, 0.2) is 6.29 Å². The smallest absolute Gasteiger partial charge is 0.306 e. The van der Waals surface area contributed by atoms with Gasteiger partial charge >= 0.3 is 5.97 Å². The topological polar surface area (TPSA) is 135 Å². The van der Waals surface area contributed by atoms with Crippen LogP contribution >= 0.6 is 0 Å². The molecule has 0 aromatic carbocycles. The number of ether oxygens (including phenoxy) is 4. The summed E-state index contributed by atoms with van der Waals surface area (Å²) in [6, 6.07) is 0. The summed E-state index contributed by atoms with van der Waals surface area (Å²) >= 11 is 0. The minimum absolute atomic E-state index is 0.116. The first kappa shape index (κ1) is 57.1. The summed E-state index contributed by atoms with van der Waals surface area (Å²) in [4.78, 5) is 12.8. The molecule has 62 heavy (non-hydrogen) atoms. The summed E-state index contributed by atoms with van der Waals surface area (Å²) in [5.74, 6) is -0.361. The lowest BCUT2D eigenvalue weighted by Crippen LogP contribution is -2.59. The van der Waals surface area contributed by atoms with E-state index in [1.807, 2.05) is 0 Å². The normalized spacial score (nSPS) is 20.6. The van der Waals surface area contributed by atoms with Gasteiger partial charge in [0, 0.05) is 13.0 Å². The highest BCUT2D eigenvalue weighted by atomic mass is 16.7. The number of allylic oxidation sites excluding steroid dienone is 16. The van der Waals surface area contributed by atoms with Crippen LogP contribution in [0.25, 0.3) is 0 Å². The van der Waals surface area contributed by atoms with Crippen LogP contribution in [0.1, 0.15) is 168 Å². The molecule has 4 N–H and O–H groups in total. The van der Waals surface area contributed by atoms with Crippen molar-refractivity contribution in [1.82, 2.24) is 0 Å². The van der Waals surface area contributed by atoms with Gasteiger partial charge in [-0.25, -0.2) is 0 Å². The minimum atomic E-state index is -1.55. The Morgan fingerprint density at radius 2 is 0.984 bits per heavy atom. The summed E-state index contributed by atoms with van der Waals surface area (Å²) in [6.45, 7) is 4.34. The number of rotatable bonds is 40. The maximum Gasteiger partial charge on any atom is 0.306 e. The van der Waals surface area contributed by atoms with E-state index in [0.717, 1.165) is 83.5 Å². The minimum Gasteiger partial charge on any atom is -0.457 e. The number of esters is 1. The Balaban J connectivity index is 2.29. The molecule has 6 atom stereocenters. The van der Waals surface area contributed by atoms with Crippen LogP contribution in [-0.4, -0.2) is 89.6 Å². The fourth-order valence-corrected chi connectivity index (χ4v) is 6.70. The summed E-state index contributed by atoms with van der Waals surface area (Å²) in [6.07, 6.45) is 52.9. The molecule has 354 valence electrons. The number of unbranched alkanes of at least 4 members (excludes halogenated alkanes) is 13. The monoisotopic (exact) mass is 869 g/mol. The summed E-state index contributed by atoms with van der Waals surface area (Å²) < 4.78 is 22.8. The van der Waals surface area contributed by atoms with Crippen molar-refractivity contribution in [3.63, 3.8) is 0 Å². The van der Waals surface area contributed by atoms with Crippen molar-refractivity contribution < 1.29 is 44.2 Å². The Morgan fingerprint density at radius 1 is 0.532 bits per heavy atom. The summed E-state index contributed by atoms with van der Waals surface area (Å²) in [5, 5.41) is 40.2. The van der Waals surface area contributed by atoms with Gasteiger partial charge in [0.1, 0.15) is 30.5 Å². The number of hydrogen-bond acceptors (Lipinski definition) is 9. The molecule has 0 spiro atoms. The molecule has 1 rings (SSSR count). The summed E-state index contributed by atoms with van der Waals surface area (Å²) in [7, 11) is 0. The van der Waals surface area contributed by atoms with Gasteiger partial charge in [-0.05, 0) is 96.3 Å². The SMILES string of the molecule is CC/C=C\C/C=C\C/C=C\C/C=C\C/C=C\C/C=C\CCCCC(=O)OC(COCCCCCCCCCC/C=C\C/C=C\CCCCC)COC1OC(CO)C(O)C(O)C1O. The molecule has 9 heteroatoms. The van der Waals surface area contributed by atoms with E-state index >= 15 is 0 Å². The maximum absolute atomic E-state index is 12.8. The first-order valence-electron chi connectivity index (χ1n) is 24.3. The standard InChI is InChI=1S/C53H88O9/c1-3-5-7-9-11-13-15-17-19-21-23-24-25-26-28-30-32-34-36-38-40-42-49(55)61-47(46-60-53-52(58)51(57)50(56)48(44-54)62-53)45-59-43-41-39-37-35-33-31-29-27-22-20-18-16-14-12-10-8-6-4-2/h5,7,11-14,17-20,23-24,26,28,32,34,47-48,50-54,56-58H,3-4,6,8-10,15-16,21-22,25,27,29-31,33,35-46H2,1-2H3/b7-5-,13-11-,14-12-,19-17-,20-18-,24-23-,28-26-,34-32-. The van der Waals surface area contributed by atoms with E-state index < -0.39 is 43.4 Å². The van der Waals surface area contributed by atoms with Crippen LogP contribution in [0.2, 0.25) is 0 Å². The molecule has 1 fully saturated rings. The lowest BCUT2D eigenvalue weighted by molar-refractivity contribution is -0.305. The molecule has 9 nitrogen and oxygen atoms in total. The van der Waals surface area contributed by atoms with E-state index in [1.54, 1.807) is 0 Å². The zero-order valence-electron chi connectivity index (χ0n) is 38.8. The van der Waals surface area contributed by atoms with Crippen LogP contribution in [0.15, 0.2) is 97.2 Å². The summed E-state index contributed by atoms with van der Waals surface area (Å²) in [5.41, 5.74) is 0. The van der Waals surface area contributed by atoms with Crippen molar-refractivity contribution in [2.45, 2.75) is 205 Å². The van der Waals surface area contributed by atoms with Crippen LogP contribution < -0.4 is 0 Å². The highest BCUT2D eigenvalue weighted by molar-refractivity contribution is 5.69. The van der Waals surface area contributed by atoms with E-state index in [9.17, 15) is 25.2 Å². The molecule has 0 radical (unpaired) electrons. The van der Waals surface area contributed by atoms with Crippen molar-refractivity contribution in [2.24, 2.45) is 0 Å². The third-order valence-electron chi connectivity index (χ3n) is 10.5. The van der Waals surface area contributed by atoms with E-state index in [0.29, 0.717) is 13.0 Å². The molecule has 1 aliphatic rings. The molecule has 1 heterocycles. The fraction of sp³-hybridized carbons (Fsp3) is 0.679. The second-order valence-electron chi connectivity index (χ2n) is 16.2. The number of aliphatic hydroxyl groups is 4. The lowest BCUT2D eigenvalue weighted by atomic mass is 9.99. The Hall–Kier alpha value is -2.89. The van der Waals surface area contributed by atoms with Gasteiger partial charge in [-0.1, -0.05) is 162 Å². The second kappa shape index (κ2) is 43.4. The molecule has 6 unspecified atom stereocenters. The van der Waals surface area contributed by atoms with Gasteiger partial charge in [0.2, 0.25) is 0 Å². The molecule has 0 saturated carbocycles. The van der Waals surface area contributed by atoms with Gasteiger partial charge in [0.05, 0.1) is 19.8 Å². The average Bonchev–Trinajstić information content (AvgIpc) is 3.27. The van der Waals surface area contributed by atoms with Crippen molar-refractivity contribution in [2.75, 3.05) is 26.4 Å². The first-order chi connectivity index (χ1) is 30.4. The molecule has 0 bridgehead atoms. The zero-order valence-corrected chi connectivity index (χ0v) is 38.8. The van der Waals surface area contributed by atoms with Gasteiger partial charge in [-0.2, -0.15) is 0 Å². The van der Waals surface area contributed by atoms with E-state index in [4.69, 9.17) is 18.9 Å². The van der Waals surface area contributed by atoms with E-state index in [2.05, 4.69) is 111 Å². The van der Waals surface area contributed by atoms with Crippen LogP contribution in [-0.2, 0) is 23.7 Å². The third-order valence-corrected chi connectivity index (χ3v) is 10.5. The van der Waals surface area contributed by atoms with Crippen molar-refractivity contribution >= 4 is 5.97 Å². The Bertz CT molecular complexity index is 1260. The van der Waals surface area contributed by atoms with Gasteiger partial charge in [0.25, 0.3) is 0 Å². The predicted octanol–water partition coefficient (Wildman–Crippen LogP) is 11.6. The lowest BCUT2D eigenvalue weighted by Gasteiger charge is -2.39. The second-order valence-corrected chi connectivity index (χ2v) is 16.2. The Kier molecular flexibility index (Phi) is 40.0. The van der Waals surface area contributed by atoms with Crippen LogP contribution in [0.5, 0.6) is 0 Å². The molecule has 0 aromatic heterocycles. The van der Waals surface area contributed by atoms with Crippen molar-refractivity contribution in [3.8, 4) is 0 Å². The zero-order chi connectivity index (χ0) is 45.0. The van der Waals surface area contributed by atoms with E-state index in [-0.39, 0.29) is 25.6 Å². The highest BCUT2D eigenvalue weighted by Gasteiger charge is 2.44. The number of carbonyl (C=O) groups excluding carboxylic acids is 1. The Morgan fingerprint density at radius 3 is 1.48 bits per heavy atom. The first-order valence-corrected chi connectivity index (χ1v) is 24.3. The van der Waals surface area contributed by atoms with Gasteiger partial charge in [-0.15, -0.1) is 0 Å². The Labute approximate surface area is 377 Å². The molecule has 0 aliphatic carbocycles. The molecule has 1 aliphatic heterocycles. The third kappa shape index (κ3) is 33.6. The number of hydrogen-bond donors (Lipinski definition) is 4. The molecule has 0 amide bonds. The van der Waals surface area contributed by atoms with E-state index in [1.165, 1.54) is 57.8 Å². The highest BCUT2D eigenvalue weighted by Crippen LogP contribution is 2.22. The maximum atomic E-state index is 12.8. The fourth-order valence-electron chi connectivity index (χ4n) is 6.70. The quantitative estimate of drug-likeness (QED) is 0.0270. The largest absolute Gasteiger partial charge is 0.457 e. The van der Waals surface area contributed by atoms with Crippen LogP contribution in [0, 0.1) is 0 Å². The number of carbonyl (C=O) groups is 1. The van der Waals surface area contributed by atoms with Crippen molar-refractivity contribution in [3.05, 3.63) is 97.2 Å². The molecule has 0 aromatic rings. The van der Waals surface area contributed by atoms with Crippen LogP contribution in [0.4, 0.5) is 0 Å². The molecule has 1 saturated heterocycles. The molecular weight excluding hydrogens is 781 g/mol. The van der Waals surface area contributed by atoms with Gasteiger partial charge < -0.3 is 39.4 Å². The molecular formula is C53H88O9. The van der Waals surface area contributed by atoms with Gasteiger partial charge in [-0.3, -0.25) is 4.79 Å².